The van der Waals surface area contributed by atoms with E-state index in [0.29, 0.717) is 0 Å². The highest BCUT2D eigenvalue weighted by molar-refractivity contribution is 7.25. The lowest BCUT2D eigenvalue weighted by molar-refractivity contribution is 1.19. The van der Waals surface area contributed by atoms with Gasteiger partial charge in [0.05, 0.1) is 33.5 Å². The maximum Gasteiger partial charge on any atom is 0.0973 e. The maximum atomic E-state index is 5.39. The van der Waals surface area contributed by atoms with Crippen molar-refractivity contribution in [3.63, 3.8) is 0 Å². The molecule has 0 aliphatic carbocycles. The SMILES string of the molecule is c1ccc(-c2nc3ccc4ccc(-n5c6ccccc6c6cc7sc8ccccc8c7cc65)cc4c3nc2-c2ccccc2)cc1. The van der Waals surface area contributed by atoms with Crippen molar-refractivity contribution in [2.24, 2.45) is 0 Å². The van der Waals surface area contributed by atoms with Crippen LogP contribution in [0.5, 0.6) is 0 Å². The van der Waals surface area contributed by atoms with Crippen molar-refractivity contribution < 1.29 is 0 Å². The summed E-state index contributed by atoms with van der Waals surface area (Å²) in [5.74, 6) is 0. The van der Waals surface area contributed by atoms with Gasteiger partial charge in [-0.05, 0) is 47.9 Å². The number of rotatable bonds is 3. The van der Waals surface area contributed by atoms with Crippen LogP contribution < -0.4 is 0 Å². The van der Waals surface area contributed by atoms with Crippen LogP contribution in [0.1, 0.15) is 0 Å². The van der Waals surface area contributed by atoms with Crippen LogP contribution in [-0.4, -0.2) is 14.5 Å². The molecule has 46 heavy (non-hydrogen) atoms. The van der Waals surface area contributed by atoms with E-state index in [-0.39, 0.29) is 0 Å². The molecule has 214 valence electrons. The van der Waals surface area contributed by atoms with E-state index in [2.05, 4.69) is 144 Å². The van der Waals surface area contributed by atoms with Crippen molar-refractivity contribution >= 4 is 75.1 Å². The molecule has 0 unspecified atom stereocenters. The summed E-state index contributed by atoms with van der Waals surface area (Å²) in [6.45, 7) is 0. The van der Waals surface area contributed by atoms with Crippen LogP contribution in [0.2, 0.25) is 0 Å². The third-order valence-electron chi connectivity index (χ3n) is 9.16. The topological polar surface area (TPSA) is 30.7 Å². The average molecular weight is 604 g/mol. The van der Waals surface area contributed by atoms with Crippen LogP contribution >= 0.6 is 11.3 Å². The first kappa shape index (κ1) is 25.5. The molecule has 0 aliphatic heterocycles. The number of hydrogen-bond donors (Lipinski definition) is 0. The van der Waals surface area contributed by atoms with Gasteiger partial charge in [0.15, 0.2) is 0 Å². The highest BCUT2D eigenvalue weighted by Crippen LogP contribution is 2.41. The van der Waals surface area contributed by atoms with E-state index in [0.717, 1.165) is 50.0 Å². The van der Waals surface area contributed by atoms with Gasteiger partial charge >= 0.3 is 0 Å². The smallest absolute Gasteiger partial charge is 0.0973 e. The molecule has 3 aromatic heterocycles. The van der Waals surface area contributed by atoms with Crippen molar-refractivity contribution in [1.82, 2.24) is 14.5 Å². The molecule has 0 amide bonds. The molecule has 0 bridgehead atoms. The third kappa shape index (κ3) is 3.77. The summed E-state index contributed by atoms with van der Waals surface area (Å²) in [5, 5.41) is 7.37. The normalized spacial score (nSPS) is 11.9. The Bertz CT molecular complexity index is 2790. The van der Waals surface area contributed by atoms with Crippen LogP contribution in [0, 0.1) is 0 Å². The van der Waals surface area contributed by atoms with E-state index in [1.54, 1.807) is 0 Å². The maximum absolute atomic E-state index is 5.39. The Morgan fingerprint density at radius 3 is 1.91 bits per heavy atom. The Kier molecular flexibility index (Phi) is 5.45. The summed E-state index contributed by atoms with van der Waals surface area (Å²) in [6, 6.07) is 54.0. The predicted octanol–water partition coefficient (Wildman–Crippen LogP) is 11.6. The van der Waals surface area contributed by atoms with Crippen LogP contribution in [0.15, 0.2) is 152 Å². The van der Waals surface area contributed by atoms with E-state index in [1.165, 1.54) is 42.0 Å². The molecule has 0 saturated heterocycles. The minimum absolute atomic E-state index is 0.886. The number of benzene rings is 7. The van der Waals surface area contributed by atoms with Crippen molar-refractivity contribution in [2.75, 3.05) is 0 Å². The summed E-state index contributed by atoms with van der Waals surface area (Å²) >= 11 is 1.87. The van der Waals surface area contributed by atoms with Gasteiger partial charge in [0.2, 0.25) is 0 Å². The Morgan fingerprint density at radius 1 is 0.435 bits per heavy atom. The average Bonchev–Trinajstić information content (AvgIpc) is 3.65. The monoisotopic (exact) mass is 603 g/mol. The molecule has 0 saturated carbocycles. The van der Waals surface area contributed by atoms with E-state index in [4.69, 9.17) is 9.97 Å². The second kappa shape index (κ2) is 9.83. The highest BCUT2D eigenvalue weighted by atomic mass is 32.1. The fourth-order valence-corrected chi connectivity index (χ4v) is 8.15. The molecule has 10 aromatic rings. The van der Waals surface area contributed by atoms with Gasteiger partial charge in [-0.1, -0.05) is 109 Å². The lowest BCUT2D eigenvalue weighted by Crippen LogP contribution is -1.97. The zero-order chi connectivity index (χ0) is 30.2. The van der Waals surface area contributed by atoms with Gasteiger partial charge in [0.1, 0.15) is 0 Å². The van der Waals surface area contributed by atoms with Crippen LogP contribution in [-0.2, 0) is 0 Å². The number of hydrogen-bond acceptors (Lipinski definition) is 3. The molecule has 0 spiro atoms. The second-order valence-corrected chi connectivity index (χ2v) is 12.9. The van der Waals surface area contributed by atoms with Crippen molar-refractivity contribution in [1.29, 1.82) is 0 Å². The van der Waals surface area contributed by atoms with Crippen LogP contribution in [0.25, 0.3) is 92.0 Å². The van der Waals surface area contributed by atoms with Gasteiger partial charge < -0.3 is 4.57 Å². The summed E-state index contributed by atoms with van der Waals surface area (Å²) in [7, 11) is 0. The molecule has 7 aromatic carbocycles. The van der Waals surface area contributed by atoms with Gasteiger partial charge in [-0.2, -0.15) is 0 Å². The Balaban J connectivity index is 1.27. The summed E-state index contributed by atoms with van der Waals surface area (Å²) in [6.07, 6.45) is 0. The standard InChI is InChI=1S/C42H25N3S/c1-3-11-27(12-4-1)40-41(28-13-5-2-6-14-28)44-42-32-23-29(21-19-26(32)20-22-35(42)43-40)45-36-17-9-7-15-30(36)33-25-39-34(24-37(33)45)31-16-8-10-18-38(31)46-39/h1-25H. The molecule has 0 aliphatic rings. The predicted molar refractivity (Wildman–Crippen MR) is 195 cm³/mol. The minimum Gasteiger partial charge on any atom is -0.309 e. The molecular formula is C42H25N3S. The Labute approximate surface area is 268 Å². The zero-order valence-corrected chi connectivity index (χ0v) is 25.5. The number of thiophene rings is 1. The van der Waals surface area contributed by atoms with Gasteiger partial charge in [-0.25, -0.2) is 9.97 Å². The van der Waals surface area contributed by atoms with Gasteiger partial charge in [-0.3, -0.25) is 0 Å². The van der Waals surface area contributed by atoms with Crippen LogP contribution in [0.3, 0.4) is 0 Å². The largest absolute Gasteiger partial charge is 0.309 e. The molecular weight excluding hydrogens is 579 g/mol. The molecule has 3 nitrogen and oxygen atoms in total. The summed E-state index contributed by atoms with van der Waals surface area (Å²) < 4.78 is 5.05. The Hall–Kier alpha value is -5.84. The minimum atomic E-state index is 0.886. The molecule has 0 fully saturated rings. The molecule has 0 radical (unpaired) electrons. The number of fused-ring (bicyclic) bond motifs is 9. The first-order valence-electron chi connectivity index (χ1n) is 15.5. The third-order valence-corrected chi connectivity index (χ3v) is 10.3. The highest BCUT2D eigenvalue weighted by Gasteiger charge is 2.18. The number of aromatic nitrogens is 3. The van der Waals surface area contributed by atoms with Crippen molar-refractivity contribution in [3.05, 3.63) is 152 Å². The van der Waals surface area contributed by atoms with Crippen molar-refractivity contribution in [2.45, 2.75) is 0 Å². The molecule has 3 heterocycles. The first-order valence-corrected chi connectivity index (χ1v) is 16.3. The van der Waals surface area contributed by atoms with E-state index in [1.807, 2.05) is 23.5 Å². The van der Waals surface area contributed by atoms with Gasteiger partial charge in [0.25, 0.3) is 0 Å². The summed E-state index contributed by atoms with van der Waals surface area (Å²) in [4.78, 5) is 10.6. The zero-order valence-electron chi connectivity index (χ0n) is 24.7. The fourth-order valence-electron chi connectivity index (χ4n) is 7.02. The van der Waals surface area contributed by atoms with Crippen molar-refractivity contribution in [3.8, 4) is 28.2 Å². The van der Waals surface area contributed by atoms with E-state index in [9.17, 15) is 0 Å². The van der Waals surface area contributed by atoms with E-state index >= 15 is 0 Å². The molecule has 0 atom stereocenters. The summed E-state index contributed by atoms with van der Waals surface area (Å²) in [5.41, 5.74) is 9.20. The second-order valence-electron chi connectivity index (χ2n) is 11.8. The fraction of sp³-hybridized carbons (Fsp3) is 0. The number of para-hydroxylation sites is 1. The lowest BCUT2D eigenvalue weighted by Gasteiger charge is -2.13. The quantitative estimate of drug-likeness (QED) is 0.188. The number of nitrogens with zero attached hydrogens (tertiary/aromatic N) is 3. The van der Waals surface area contributed by atoms with Gasteiger partial charge in [-0.15, -0.1) is 11.3 Å². The Morgan fingerprint density at radius 2 is 1.11 bits per heavy atom. The van der Waals surface area contributed by atoms with Crippen LogP contribution in [0.4, 0.5) is 0 Å². The molecule has 0 N–H and O–H groups in total. The first-order chi connectivity index (χ1) is 22.8. The van der Waals surface area contributed by atoms with E-state index < -0.39 is 0 Å². The van der Waals surface area contributed by atoms with Gasteiger partial charge in [0, 0.05) is 53.1 Å². The lowest BCUT2D eigenvalue weighted by atomic mass is 10.0. The molecule has 4 heteroatoms. The molecule has 10 rings (SSSR count).